The van der Waals surface area contributed by atoms with Crippen LogP contribution in [0, 0.1) is 11.8 Å². The van der Waals surface area contributed by atoms with Gasteiger partial charge in [0.15, 0.2) is 5.78 Å². The molecule has 1 aliphatic heterocycles. The molecule has 0 atom stereocenters. The Labute approximate surface area is 198 Å². The number of benzene rings is 1. The molecule has 1 aromatic carbocycles. The summed E-state index contributed by atoms with van der Waals surface area (Å²) in [6, 6.07) is 3.52. The number of rotatable bonds is 10. The van der Waals surface area contributed by atoms with E-state index in [1.54, 1.807) is 6.07 Å². The van der Waals surface area contributed by atoms with Crippen LogP contribution in [0.3, 0.4) is 0 Å². The first-order chi connectivity index (χ1) is 16.1. The lowest BCUT2D eigenvalue weighted by atomic mass is 9.79. The fourth-order valence-corrected chi connectivity index (χ4v) is 4.83. The molecule has 1 saturated heterocycles. The Bertz CT molecular complexity index is 849. The number of nitrogens with two attached hydrogens (primary N) is 2. The lowest BCUT2D eigenvalue weighted by Crippen LogP contribution is -2.37. The van der Waals surface area contributed by atoms with Gasteiger partial charge in [0, 0.05) is 43.7 Å². The van der Waals surface area contributed by atoms with Gasteiger partial charge in [0.2, 0.25) is 5.91 Å². The minimum absolute atomic E-state index is 0.0270. The monoisotopic (exact) mass is 484 g/mol. The van der Waals surface area contributed by atoms with Crippen LogP contribution in [0.5, 0.6) is 0 Å². The van der Waals surface area contributed by atoms with Crippen molar-refractivity contribution in [3.8, 4) is 0 Å². The van der Waals surface area contributed by atoms with E-state index in [0.29, 0.717) is 75.5 Å². The zero-order valence-electron chi connectivity index (χ0n) is 19.5. The Kier molecular flexibility index (Phi) is 9.04. The van der Waals surface area contributed by atoms with Crippen molar-refractivity contribution in [1.82, 2.24) is 0 Å². The fourth-order valence-electron chi connectivity index (χ4n) is 4.83. The summed E-state index contributed by atoms with van der Waals surface area (Å²) in [5.41, 5.74) is 13.8. The molecule has 0 bridgehead atoms. The molecule has 0 radical (unpaired) electrons. The number of hydrogen-bond donors (Lipinski definition) is 3. The van der Waals surface area contributed by atoms with Gasteiger partial charge in [-0.3, -0.25) is 9.59 Å². The molecule has 10 heteroatoms. The summed E-state index contributed by atoms with van der Waals surface area (Å²) >= 11 is 0. The molecule has 1 saturated carbocycles. The second-order valence-corrected chi connectivity index (χ2v) is 9.27. The molecular weight excluding hydrogens is 449 g/mol. The molecule has 5 N–H and O–H groups in total. The van der Waals surface area contributed by atoms with Crippen molar-refractivity contribution < 1.29 is 27.5 Å². The molecule has 1 aliphatic carbocycles. The first-order valence-corrected chi connectivity index (χ1v) is 12.0. The quantitative estimate of drug-likeness (QED) is 0.340. The highest BCUT2D eigenvalue weighted by molar-refractivity contribution is 6.03. The van der Waals surface area contributed by atoms with Crippen LogP contribution in [0.2, 0.25) is 0 Å². The third-order valence-electron chi connectivity index (χ3n) is 6.83. The number of primary amides is 1. The molecule has 1 aromatic rings. The SMILES string of the molecule is NC(=O)CCNc1cc(N2CCOCC2)c(C(=O)CCCC2CCC(C(F)(F)F)CC2)cc1N. The summed E-state index contributed by atoms with van der Waals surface area (Å²) in [4.78, 5) is 26.3. The molecule has 190 valence electrons. The van der Waals surface area contributed by atoms with Gasteiger partial charge in [-0.2, -0.15) is 13.2 Å². The number of alkyl halides is 3. The van der Waals surface area contributed by atoms with E-state index in [0.717, 1.165) is 12.1 Å². The van der Waals surface area contributed by atoms with Crippen LogP contribution in [-0.2, 0) is 9.53 Å². The number of amides is 1. The number of hydrogen-bond acceptors (Lipinski definition) is 6. The van der Waals surface area contributed by atoms with Crippen LogP contribution < -0.4 is 21.7 Å². The van der Waals surface area contributed by atoms with E-state index in [2.05, 4.69) is 10.2 Å². The first-order valence-electron chi connectivity index (χ1n) is 12.0. The fraction of sp³-hybridized carbons (Fsp3) is 0.667. The van der Waals surface area contributed by atoms with E-state index in [4.69, 9.17) is 16.2 Å². The predicted octanol–water partition coefficient (Wildman–Crippen LogP) is 4.11. The third kappa shape index (κ3) is 7.25. The largest absolute Gasteiger partial charge is 0.397 e. The molecule has 1 heterocycles. The van der Waals surface area contributed by atoms with Crippen LogP contribution >= 0.6 is 0 Å². The minimum Gasteiger partial charge on any atom is -0.397 e. The van der Waals surface area contributed by atoms with Gasteiger partial charge in [-0.25, -0.2) is 0 Å². The van der Waals surface area contributed by atoms with Gasteiger partial charge in [-0.1, -0.05) is 6.42 Å². The number of ketones is 1. The summed E-state index contributed by atoms with van der Waals surface area (Å²) in [6.07, 6.45) is -0.716. The Morgan fingerprint density at radius 2 is 1.76 bits per heavy atom. The molecule has 0 aromatic heterocycles. The summed E-state index contributed by atoms with van der Waals surface area (Å²) in [7, 11) is 0. The van der Waals surface area contributed by atoms with Gasteiger partial charge in [0.1, 0.15) is 0 Å². The van der Waals surface area contributed by atoms with Crippen molar-refractivity contribution in [2.75, 3.05) is 48.8 Å². The average Bonchev–Trinajstić information content (AvgIpc) is 2.80. The van der Waals surface area contributed by atoms with Gasteiger partial charge < -0.3 is 26.4 Å². The van der Waals surface area contributed by atoms with Crippen molar-refractivity contribution in [1.29, 1.82) is 0 Å². The van der Waals surface area contributed by atoms with Crippen molar-refractivity contribution in [2.24, 2.45) is 17.6 Å². The topological polar surface area (TPSA) is 111 Å². The van der Waals surface area contributed by atoms with Crippen LogP contribution in [0.4, 0.5) is 30.2 Å². The van der Waals surface area contributed by atoms with Gasteiger partial charge in [-0.15, -0.1) is 0 Å². The highest BCUT2D eigenvalue weighted by Gasteiger charge is 2.41. The summed E-state index contributed by atoms with van der Waals surface area (Å²) < 4.78 is 44.1. The highest BCUT2D eigenvalue weighted by atomic mass is 19.4. The van der Waals surface area contributed by atoms with Gasteiger partial charge >= 0.3 is 6.18 Å². The summed E-state index contributed by atoms with van der Waals surface area (Å²) in [5.74, 6) is -1.38. The lowest BCUT2D eigenvalue weighted by Gasteiger charge is -2.31. The Morgan fingerprint density at radius 3 is 2.38 bits per heavy atom. The molecule has 2 aliphatic rings. The van der Waals surface area contributed by atoms with Crippen molar-refractivity contribution in [3.63, 3.8) is 0 Å². The predicted molar refractivity (Wildman–Crippen MR) is 126 cm³/mol. The Morgan fingerprint density at radius 1 is 1.09 bits per heavy atom. The van der Waals surface area contributed by atoms with Gasteiger partial charge in [-0.05, 0) is 50.2 Å². The zero-order chi connectivity index (χ0) is 24.7. The van der Waals surface area contributed by atoms with Crippen LogP contribution in [0.25, 0.3) is 0 Å². The number of nitrogen functional groups attached to an aromatic ring is 1. The highest BCUT2D eigenvalue weighted by Crippen LogP contribution is 2.41. The number of carbonyl (C=O) groups excluding carboxylic acids is 2. The van der Waals surface area contributed by atoms with Crippen LogP contribution in [0.1, 0.15) is 61.7 Å². The van der Waals surface area contributed by atoms with Crippen molar-refractivity contribution in [2.45, 2.75) is 57.5 Å². The van der Waals surface area contributed by atoms with E-state index in [-0.39, 0.29) is 31.0 Å². The number of ether oxygens (including phenoxy) is 1. The Hall–Kier alpha value is -2.49. The van der Waals surface area contributed by atoms with E-state index in [1.807, 2.05) is 6.07 Å². The van der Waals surface area contributed by atoms with Crippen LogP contribution in [0.15, 0.2) is 12.1 Å². The standard InChI is InChI=1S/C24H35F3N4O3/c25-24(26,27)17-6-4-16(5-7-17)2-1-3-22(32)18-14-19(28)20(30-9-8-23(29)33)15-21(18)31-10-12-34-13-11-31/h14-17,30H,1-13,28H2,(H2,29,33). The van der Waals surface area contributed by atoms with E-state index in [1.165, 1.54) is 0 Å². The maximum Gasteiger partial charge on any atom is 0.391 e. The number of halogens is 3. The van der Waals surface area contributed by atoms with E-state index in [9.17, 15) is 22.8 Å². The Balaban J connectivity index is 1.62. The second kappa shape index (κ2) is 11.8. The summed E-state index contributed by atoms with van der Waals surface area (Å²) in [5, 5.41) is 3.12. The number of anilines is 3. The zero-order valence-corrected chi connectivity index (χ0v) is 19.5. The van der Waals surface area contributed by atoms with Crippen LogP contribution in [-0.4, -0.2) is 50.7 Å². The van der Waals surface area contributed by atoms with Crippen molar-refractivity contribution >= 4 is 28.8 Å². The number of nitrogens with zero attached hydrogens (tertiary/aromatic N) is 1. The number of carbonyl (C=O) groups is 2. The molecule has 34 heavy (non-hydrogen) atoms. The number of Topliss-reactive ketones (excluding diaryl/α,β-unsaturated/α-hetero) is 1. The summed E-state index contributed by atoms with van der Waals surface area (Å²) in [6.45, 7) is 2.75. The minimum atomic E-state index is -4.10. The average molecular weight is 485 g/mol. The third-order valence-corrected chi connectivity index (χ3v) is 6.83. The smallest absolute Gasteiger partial charge is 0.391 e. The maximum atomic E-state index is 13.2. The normalized spacial score (nSPS) is 21.3. The molecule has 0 unspecified atom stereocenters. The molecule has 7 nitrogen and oxygen atoms in total. The molecule has 2 fully saturated rings. The lowest BCUT2D eigenvalue weighted by molar-refractivity contribution is -0.184. The maximum absolute atomic E-state index is 13.2. The van der Waals surface area contributed by atoms with E-state index >= 15 is 0 Å². The molecule has 1 amide bonds. The van der Waals surface area contributed by atoms with E-state index < -0.39 is 18.0 Å². The first kappa shape index (κ1) is 26.1. The second-order valence-electron chi connectivity index (χ2n) is 9.27. The number of morpholine rings is 1. The van der Waals surface area contributed by atoms with Gasteiger partial charge in [0.05, 0.1) is 30.5 Å². The van der Waals surface area contributed by atoms with Crippen molar-refractivity contribution in [3.05, 3.63) is 17.7 Å². The molecule has 3 rings (SSSR count). The molecular formula is C24H35F3N4O3. The number of nitrogens with one attached hydrogen (secondary N) is 1. The van der Waals surface area contributed by atoms with Gasteiger partial charge in [0.25, 0.3) is 0 Å². The molecule has 0 spiro atoms.